The Hall–Kier alpha value is -2.13. The molecule has 0 saturated carbocycles. The molecule has 0 saturated heterocycles. The van der Waals surface area contributed by atoms with E-state index in [2.05, 4.69) is 0 Å². The van der Waals surface area contributed by atoms with E-state index in [4.69, 9.17) is 4.74 Å². The minimum Gasteiger partial charge on any atom is -0.485 e. The van der Waals surface area contributed by atoms with Gasteiger partial charge in [-0.1, -0.05) is 26.0 Å². The largest absolute Gasteiger partial charge is 0.485 e. The molecule has 2 rings (SSSR count). The Bertz CT molecular complexity index is 957. The van der Waals surface area contributed by atoms with E-state index in [0.717, 1.165) is 24.3 Å². The van der Waals surface area contributed by atoms with Crippen LogP contribution in [-0.4, -0.2) is 31.9 Å². The van der Waals surface area contributed by atoms with Crippen LogP contribution in [0.2, 0.25) is 0 Å². The van der Waals surface area contributed by atoms with Crippen LogP contribution in [0.1, 0.15) is 40.5 Å². The monoisotopic (exact) mass is 447 g/mol. The second kappa shape index (κ2) is 9.78. The average Bonchev–Trinajstić information content (AvgIpc) is 2.70. The third-order valence-corrected chi connectivity index (χ3v) is 6.22. The van der Waals surface area contributed by atoms with Crippen molar-refractivity contribution in [3.63, 3.8) is 0 Å². The fourth-order valence-electron chi connectivity index (χ4n) is 3.00. The van der Waals surface area contributed by atoms with Crippen LogP contribution in [0.5, 0.6) is 5.75 Å². The molecule has 0 aliphatic heterocycles. The molecule has 0 N–H and O–H groups in total. The quantitative estimate of drug-likeness (QED) is 0.376. The summed E-state index contributed by atoms with van der Waals surface area (Å²) in [5.74, 6) is -7.65. The van der Waals surface area contributed by atoms with Crippen molar-refractivity contribution in [3.05, 3.63) is 47.5 Å². The van der Waals surface area contributed by atoms with Crippen LogP contribution in [0.4, 0.5) is 17.6 Å². The minimum atomic E-state index is -3.80. The van der Waals surface area contributed by atoms with E-state index < -0.39 is 50.7 Å². The van der Waals surface area contributed by atoms with E-state index in [1.54, 1.807) is 0 Å². The van der Waals surface area contributed by atoms with Crippen LogP contribution in [0, 0.1) is 23.3 Å². The van der Waals surface area contributed by atoms with Gasteiger partial charge in [0.25, 0.3) is 0 Å². The van der Waals surface area contributed by atoms with Gasteiger partial charge in [-0.3, -0.25) is 0 Å². The molecular weight excluding hydrogens is 422 g/mol. The molecule has 4 nitrogen and oxygen atoms in total. The smallest absolute Gasteiger partial charge is 0.243 e. The van der Waals surface area contributed by atoms with Crippen molar-refractivity contribution in [1.82, 2.24) is 4.31 Å². The van der Waals surface area contributed by atoms with Crippen LogP contribution in [0.15, 0.2) is 29.2 Å². The van der Waals surface area contributed by atoms with Crippen molar-refractivity contribution in [2.45, 2.75) is 51.5 Å². The van der Waals surface area contributed by atoms with Gasteiger partial charge in [0.1, 0.15) is 0 Å². The van der Waals surface area contributed by atoms with E-state index in [1.807, 2.05) is 13.8 Å². The van der Waals surface area contributed by atoms with Gasteiger partial charge in [-0.05, 0) is 44.4 Å². The predicted molar refractivity (Wildman–Crippen MR) is 107 cm³/mol. The van der Waals surface area contributed by atoms with Gasteiger partial charge < -0.3 is 4.74 Å². The van der Waals surface area contributed by atoms with E-state index in [9.17, 15) is 26.0 Å². The maximum Gasteiger partial charge on any atom is 0.243 e. The first-order chi connectivity index (χ1) is 14.1. The Balaban J connectivity index is 2.51. The summed E-state index contributed by atoms with van der Waals surface area (Å²) in [7, 11) is -3.80. The van der Waals surface area contributed by atoms with E-state index >= 15 is 0 Å². The normalized spacial score (nSPS) is 12.1. The summed E-state index contributed by atoms with van der Waals surface area (Å²) >= 11 is 0. The van der Waals surface area contributed by atoms with E-state index in [1.165, 1.54) is 18.2 Å². The number of hydrogen-bond donors (Lipinski definition) is 0. The van der Waals surface area contributed by atoms with Crippen molar-refractivity contribution >= 4 is 10.0 Å². The van der Waals surface area contributed by atoms with Gasteiger partial charge in [-0.15, -0.1) is 0 Å². The first-order valence-electron chi connectivity index (χ1n) is 9.69. The Morgan fingerprint density at radius 1 is 0.867 bits per heavy atom. The van der Waals surface area contributed by atoms with Crippen LogP contribution in [0.3, 0.4) is 0 Å². The zero-order chi connectivity index (χ0) is 22.6. The lowest BCUT2D eigenvalue weighted by molar-refractivity contribution is 0.212. The van der Waals surface area contributed by atoms with Gasteiger partial charge in [0, 0.05) is 13.1 Å². The molecule has 0 bridgehead atoms. The molecule has 0 atom stereocenters. The fraction of sp³-hybridized carbons (Fsp3) is 0.429. The van der Waals surface area contributed by atoms with Gasteiger partial charge in [-0.25, -0.2) is 17.2 Å². The number of benzene rings is 2. The molecule has 9 heteroatoms. The van der Waals surface area contributed by atoms with Gasteiger partial charge >= 0.3 is 0 Å². The van der Waals surface area contributed by atoms with Crippen LogP contribution in [0.25, 0.3) is 11.1 Å². The molecule has 0 unspecified atom stereocenters. The molecule has 0 fully saturated rings. The molecule has 0 amide bonds. The molecule has 0 spiro atoms. The Morgan fingerprint density at radius 3 is 1.73 bits per heavy atom. The second-order valence-corrected chi connectivity index (χ2v) is 8.99. The summed E-state index contributed by atoms with van der Waals surface area (Å²) in [5.41, 5.74) is -1.13. The summed E-state index contributed by atoms with van der Waals surface area (Å²) < 4.78 is 89.3. The summed E-state index contributed by atoms with van der Waals surface area (Å²) in [5, 5.41) is 0. The molecule has 0 heterocycles. The molecule has 2 aromatic rings. The fourth-order valence-corrected chi connectivity index (χ4v) is 4.62. The summed E-state index contributed by atoms with van der Waals surface area (Å²) in [6.07, 6.45) is 0.547. The van der Waals surface area contributed by atoms with Crippen LogP contribution >= 0.6 is 0 Å². The van der Waals surface area contributed by atoms with Crippen molar-refractivity contribution < 1.29 is 30.7 Å². The average molecular weight is 447 g/mol. The molecule has 30 heavy (non-hydrogen) atoms. The number of ether oxygens (including phenoxy) is 1. The number of sulfonamides is 1. The lowest BCUT2D eigenvalue weighted by Crippen LogP contribution is -2.32. The van der Waals surface area contributed by atoms with Crippen molar-refractivity contribution in [2.75, 3.05) is 13.1 Å². The summed E-state index contributed by atoms with van der Waals surface area (Å²) in [6.45, 7) is 7.28. The minimum absolute atomic E-state index is 0.0744. The third-order valence-electron chi connectivity index (χ3n) is 4.30. The highest BCUT2D eigenvalue weighted by molar-refractivity contribution is 7.89. The number of rotatable bonds is 9. The van der Waals surface area contributed by atoms with E-state index in [-0.39, 0.29) is 10.5 Å². The molecule has 0 aliphatic carbocycles. The predicted octanol–water partition coefficient (Wildman–Crippen LogP) is 5.51. The molecule has 0 aromatic heterocycles. The number of halogens is 4. The molecular formula is C21H25F4NO3S. The zero-order valence-electron chi connectivity index (χ0n) is 17.3. The van der Waals surface area contributed by atoms with Gasteiger partial charge in [-0.2, -0.15) is 13.1 Å². The van der Waals surface area contributed by atoms with Crippen molar-refractivity contribution in [2.24, 2.45) is 0 Å². The topological polar surface area (TPSA) is 46.6 Å². The van der Waals surface area contributed by atoms with Gasteiger partial charge in [0.2, 0.25) is 21.7 Å². The first kappa shape index (κ1) is 24.1. The first-order valence-corrected chi connectivity index (χ1v) is 11.1. The van der Waals surface area contributed by atoms with Crippen LogP contribution in [-0.2, 0) is 10.0 Å². The van der Waals surface area contributed by atoms with Crippen molar-refractivity contribution in [1.29, 1.82) is 0 Å². The SMILES string of the molecule is CCCN(CCC)S(=O)(=O)c1ccc(-c2c(F)c(F)c(OC(C)C)c(F)c2F)cc1. The lowest BCUT2D eigenvalue weighted by atomic mass is 10.0. The highest BCUT2D eigenvalue weighted by Crippen LogP contribution is 2.36. The van der Waals surface area contributed by atoms with Gasteiger partial charge in [0.05, 0.1) is 16.6 Å². The summed E-state index contributed by atoms with van der Waals surface area (Å²) in [6, 6.07) is 4.56. The molecule has 0 aliphatic rings. The zero-order valence-corrected chi connectivity index (χ0v) is 18.1. The number of nitrogens with zero attached hydrogens (tertiary/aromatic N) is 1. The Labute approximate surface area is 174 Å². The second-order valence-electron chi connectivity index (χ2n) is 7.06. The highest BCUT2D eigenvalue weighted by Gasteiger charge is 2.29. The Kier molecular flexibility index (Phi) is 7.87. The summed E-state index contributed by atoms with van der Waals surface area (Å²) in [4.78, 5) is -0.0744. The van der Waals surface area contributed by atoms with Gasteiger partial charge in [0.15, 0.2) is 17.4 Å². The van der Waals surface area contributed by atoms with Crippen LogP contribution < -0.4 is 4.74 Å². The molecule has 0 radical (unpaired) electrons. The highest BCUT2D eigenvalue weighted by atomic mass is 32.2. The maximum absolute atomic E-state index is 14.5. The standard InChI is InChI=1S/C21H25F4NO3S/c1-5-11-26(12-6-2)30(27,28)15-9-7-14(8-10-15)16-17(22)19(24)21(29-13(3)4)20(25)18(16)23/h7-10,13H,5-6,11-12H2,1-4H3. The van der Waals surface area contributed by atoms with E-state index in [0.29, 0.717) is 25.9 Å². The Morgan fingerprint density at radius 2 is 1.33 bits per heavy atom. The van der Waals surface area contributed by atoms with Crippen molar-refractivity contribution in [3.8, 4) is 16.9 Å². The molecule has 2 aromatic carbocycles. The third kappa shape index (κ3) is 4.78. The number of hydrogen-bond acceptors (Lipinski definition) is 3. The molecule has 166 valence electrons. The lowest BCUT2D eigenvalue weighted by Gasteiger charge is -2.21. The maximum atomic E-state index is 14.5.